The van der Waals surface area contributed by atoms with Crippen LogP contribution in [0.3, 0.4) is 0 Å². The maximum Gasteiger partial charge on any atom is 0.336 e. The molecule has 1 unspecified atom stereocenters. The number of ether oxygens (including phenoxy) is 5. The summed E-state index contributed by atoms with van der Waals surface area (Å²) in [7, 11) is 1.32. The van der Waals surface area contributed by atoms with E-state index in [2.05, 4.69) is 0 Å². The third-order valence-electron chi connectivity index (χ3n) is 6.51. The number of nitrogens with zero attached hydrogens (tertiary/aromatic N) is 1. The van der Waals surface area contributed by atoms with Gasteiger partial charge in [0.1, 0.15) is 0 Å². The molecule has 0 amide bonds. The van der Waals surface area contributed by atoms with E-state index in [1.807, 2.05) is 62.1 Å². The van der Waals surface area contributed by atoms with Gasteiger partial charge in [-0.15, -0.1) is 0 Å². The number of hydrogen-bond acceptors (Lipinski definition) is 8. The maximum atomic E-state index is 13.7. The minimum absolute atomic E-state index is 0.0321. The summed E-state index contributed by atoms with van der Waals surface area (Å²) in [6, 6.07) is 16.9. The molecule has 9 heteroatoms. The fraction of sp³-hybridized carbons (Fsp3) is 0.419. The Kier molecular flexibility index (Phi) is 12.2. The minimum Gasteiger partial charge on any atom is -0.466 e. The van der Waals surface area contributed by atoms with Gasteiger partial charge in [0.25, 0.3) is 0 Å². The quantitative estimate of drug-likeness (QED) is 0.213. The first-order valence-electron chi connectivity index (χ1n) is 13.4. The number of methoxy groups -OCH3 is 1. The molecule has 3 rings (SSSR count). The van der Waals surface area contributed by atoms with E-state index in [0.29, 0.717) is 47.3 Å². The normalized spacial score (nSPS) is 15.6. The van der Waals surface area contributed by atoms with E-state index in [1.54, 1.807) is 25.1 Å². The van der Waals surface area contributed by atoms with E-state index in [4.69, 9.17) is 35.3 Å². The molecule has 0 aliphatic carbocycles. The average molecular weight is 572 g/mol. The number of carbonyl (C=O) groups is 2. The van der Waals surface area contributed by atoms with E-state index in [9.17, 15) is 9.59 Å². The Hall–Kier alpha value is -3.17. The zero-order chi connectivity index (χ0) is 29.1. The largest absolute Gasteiger partial charge is 0.466 e. The Morgan fingerprint density at radius 1 is 0.900 bits per heavy atom. The van der Waals surface area contributed by atoms with E-state index >= 15 is 0 Å². The van der Waals surface area contributed by atoms with Crippen molar-refractivity contribution in [3.8, 4) is 0 Å². The number of carbonyl (C=O) groups excluding carboxylic acids is 2. The van der Waals surface area contributed by atoms with Gasteiger partial charge in [0.2, 0.25) is 0 Å². The van der Waals surface area contributed by atoms with Crippen LogP contribution in [-0.2, 0) is 39.8 Å². The van der Waals surface area contributed by atoms with Gasteiger partial charge in [0, 0.05) is 30.5 Å². The molecule has 0 saturated carbocycles. The lowest BCUT2D eigenvalue weighted by Gasteiger charge is -2.39. The number of rotatable bonds is 14. The maximum absolute atomic E-state index is 13.7. The molecule has 0 radical (unpaired) electrons. The smallest absolute Gasteiger partial charge is 0.336 e. The summed E-state index contributed by atoms with van der Waals surface area (Å²) in [5.41, 5.74) is 3.32. The highest BCUT2D eigenvalue weighted by Gasteiger charge is 2.42. The SMILES string of the molecule is CCOC(=O)C1=C(COCC(OCC)OCC)N(Cc2ccccc2)C(C)=C(C(=O)OC)C1c1ccccc1Cl. The molecule has 216 valence electrons. The van der Waals surface area contributed by atoms with Gasteiger partial charge in [-0.3, -0.25) is 0 Å². The van der Waals surface area contributed by atoms with E-state index in [0.717, 1.165) is 5.56 Å². The van der Waals surface area contributed by atoms with Gasteiger partial charge in [-0.2, -0.15) is 0 Å². The summed E-state index contributed by atoms with van der Waals surface area (Å²) in [6.45, 7) is 8.97. The van der Waals surface area contributed by atoms with Gasteiger partial charge in [-0.05, 0) is 44.9 Å². The van der Waals surface area contributed by atoms with Crippen LogP contribution < -0.4 is 0 Å². The Labute approximate surface area is 241 Å². The zero-order valence-corrected chi connectivity index (χ0v) is 24.5. The second kappa shape index (κ2) is 15.6. The molecule has 0 bridgehead atoms. The number of halogens is 1. The van der Waals surface area contributed by atoms with Crippen LogP contribution in [-0.4, -0.2) is 63.3 Å². The molecule has 0 spiro atoms. The van der Waals surface area contributed by atoms with Crippen LogP contribution in [0.25, 0.3) is 0 Å². The summed E-state index contributed by atoms with van der Waals surface area (Å²) in [6.07, 6.45) is -0.561. The van der Waals surface area contributed by atoms with E-state index < -0.39 is 24.1 Å². The Balaban J connectivity index is 2.22. The molecule has 1 heterocycles. The van der Waals surface area contributed by atoms with Crippen molar-refractivity contribution < 1.29 is 33.3 Å². The number of allylic oxidation sites excluding steroid dienone is 1. The molecule has 1 atom stereocenters. The van der Waals surface area contributed by atoms with Gasteiger partial charge in [-0.1, -0.05) is 60.1 Å². The summed E-state index contributed by atoms with van der Waals surface area (Å²) in [5.74, 6) is -1.96. The first kappa shape index (κ1) is 31.4. The lowest BCUT2D eigenvalue weighted by molar-refractivity contribution is -0.166. The van der Waals surface area contributed by atoms with Crippen LogP contribution in [0.1, 0.15) is 44.7 Å². The van der Waals surface area contributed by atoms with E-state index in [1.165, 1.54) is 7.11 Å². The monoisotopic (exact) mass is 571 g/mol. The van der Waals surface area contributed by atoms with Gasteiger partial charge in [0.15, 0.2) is 6.29 Å². The standard InChI is InChI=1S/C31H38ClNO7/c1-6-38-26(39-7-2)20-37-19-25-29(31(35)40-8-3)28(23-16-12-13-17-24(23)32)27(30(34)36-5)21(4)33(25)18-22-14-10-9-11-15-22/h9-17,26,28H,6-8,18-20H2,1-5H3. The second-order valence-electron chi connectivity index (χ2n) is 8.95. The number of hydrogen-bond donors (Lipinski definition) is 0. The first-order chi connectivity index (χ1) is 19.4. The highest BCUT2D eigenvalue weighted by Crippen LogP contribution is 2.45. The molecule has 0 saturated heterocycles. The molecular formula is C31H38ClNO7. The fourth-order valence-corrected chi connectivity index (χ4v) is 5.00. The first-order valence-corrected chi connectivity index (χ1v) is 13.8. The fourth-order valence-electron chi connectivity index (χ4n) is 4.76. The van der Waals surface area contributed by atoms with Crippen LogP contribution in [0.2, 0.25) is 5.02 Å². The van der Waals surface area contributed by atoms with Crippen molar-refractivity contribution >= 4 is 23.5 Å². The third kappa shape index (κ3) is 7.52. The molecule has 2 aromatic carbocycles. The molecule has 0 fully saturated rings. The number of benzene rings is 2. The van der Waals surface area contributed by atoms with Crippen LogP contribution in [0, 0.1) is 0 Å². The van der Waals surface area contributed by atoms with Crippen LogP contribution >= 0.6 is 11.6 Å². The lowest BCUT2D eigenvalue weighted by atomic mass is 9.79. The van der Waals surface area contributed by atoms with Crippen molar-refractivity contribution in [3.05, 3.63) is 93.3 Å². The topological polar surface area (TPSA) is 83.5 Å². The van der Waals surface area contributed by atoms with Crippen molar-refractivity contribution in [1.82, 2.24) is 4.90 Å². The summed E-state index contributed by atoms with van der Waals surface area (Å²) >= 11 is 6.67. The van der Waals surface area contributed by atoms with Gasteiger partial charge in [0.05, 0.1) is 49.7 Å². The third-order valence-corrected chi connectivity index (χ3v) is 6.85. The van der Waals surface area contributed by atoms with Gasteiger partial charge >= 0.3 is 11.9 Å². The molecule has 1 aliphatic heterocycles. The lowest BCUT2D eigenvalue weighted by Crippen LogP contribution is -2.38. The van der Waals surface area contributed by atoms with Gasteiger partial charge in [-0.25, -0.2) is 9.59 Å². The molecule has 8 nitrogen and oxygen atoms in total. The average Bonchev–Trinajstić information content (AvgIpc) is 2.95. The summed E-state index contributed by atoms with van der Waals surface area (Å²) in [5, 5.41) is 0.410. The van der Waals surface area contributed by atoms with Crippen molar-refractivity contribution in [2.24, 2.45) is 0 Å². The Morgan fingerprint density at radius 2 is 1.55 bits per heavy atom. The predicted octanol–water partition coefficient (Wildman–Crippen LogP) is 5.62. The van der Waals surface area contributed by atoms with Crippen molar-refractivity contribution in [3.63, 3.8) is 0 Å². The number of esters is 2. The molecule has 1 aliphatic rings. The predicted molar refractivity (Wildman–Crippen MR) is 152 cm³/mol. The van der Waals surface area contributed by atoms with Crippen molar-refractivity contribution in [2.75, 3.05) is 40.1 Å². The molecular weight excluding hydrogens is 534 g/mol. The summed E-state index contributed by atoms with van der Waals surface area (Å²) in [4.78, 5) is 29.0. The second-order valence-corrected chi connectivity index (χ2v) is 9.36. The molecule has 0 N–H and O–H groups in total. The van der Waals surface area contributed by atoms with E-state index in [-0.39, 0.29) is 25.4 Å². The molecule has 0 aromatic heterocycles. The Bertz CT molecular complexity index is 1210. The highest BCUT2D eigenvalue weighted by molar-refractivity contribution is 6.31. The highest BCUT2D eigenvalue weighted by atomic mass is 35.5. The van der Waals surface area contributed by atoms with Crippen molar-refractivity contribution in [2.45, 2.75) is 46.4 Å². The minimum atomic E-state index is -0.833. The van der Waals surface area contributed by atoms with Crippen LogP contribution in [0.4, 0.5) is 0 Å². The summed E-state index contributed by atoms with van der Waals surface area (Å²) < 4.78 is 28.2. The molecule has 40 heavy (non-hydrogen) atoms. The molecule has 2 aromatic rings. The Morgan fingerprint density at radius 3 is 2.15 bits per heavy atom. The van der Waals surface area contributed by atoms with Crippen LogP contribution in [0.15, 0.2) is 77.1 Å². The zero-order valence-electron chi connectivity index (χ0n) is 23.8. The van der Waals surface area contributed by atoms with Gasteiger partial charge < -0.3 is 28.6 Å². The van der Waals surface area contributed by atoms with Crippen molar-refractivity contribution in [1.29, 1.82) is 0 Å². The van der Waals surface area contributed by atoms with Crippen LogP contribution in [0.5, 0.6) is 0 Å².